The lowest BCUT2D eigenvalue weighted by molar-refractivity contribution is -0.123. The van der Waals surface area contributed by atoms with Crippen molar-refractivity contribution in [2.24, 2.45) is 0 Å². The zero-order chi connectivity index (χ0) is 14.2. The monoisotopic (exact) mass is 265 g/mol. The number of Topliss-reactive ketones (excluding diaryl/α,β-unsaturated/α-hetero) is 1. The van der Waals surface area contributed by atoms with Gasteiger partial charge < -0.3 is 0 Å². The van der Waals surface area contributed by atoms with Crippen molar-refractivity contribution in [2.45, 2.75) is 19.4 Å². The van der Waals surface area contributed by atoms with E-state index in [1.165, 1.54) is 0 Å². The van der Waals surface area contributed by atoms with Crippen LogP contribution in [0.5, 0.6) is 0 Å². The molecule has 0 aliphatic carbocycles. The van der Waals surface area contributed by atoms with Gasteiger partial charge in [0.1, 0.15) is 11.1 Å². The first-order valence-corrected chi connectivity index (χ1v) is 6.51. The summed E-state index contributed by atoms with van der Waals surface area (Å²) in [6.07, 6.45) is 0. The lowest BCUT2D eigenvalue weighted by Crippen LogP contribution is -2.39. The number of fused-ring (bicyclic) bond motifs is 1. The molecule has 1 heterocycles. The molecule has 0 fully saturated rings. The smallest absolute Gasteiger partial charge is 0.161 e. The van der Waals surface area contributed by atoms with E-state index in [0.29, 0.717) is 0 Å². The highest BCUT2D eigenvalue weighted by Gasteiger charge is 2.36. The van der Waals surface area contributed by atoms with Gasteiger partial charge in [-0.3, -0.25) is 4.79 Å². The van der Waals surface area contributed by atoms with E-state index in [9.17, 15) is 4.79 Å². The largest absolute Gasteiger partial charge is 0.297 e. The first kappa shape index (κ1) is 12.5. The van der Waals surface area contributed by atoms with Crippen LogP contribution >= 0.6 is 0 Å². The average molecular weight is 265 g/mol. The second-order valence-electron chi connectivity index (χ2n) is 4.98. The Hall–Kier alpha value is -2.49. The Morgan fingerprint density at radius 1 is 1.05 bits per heavy atom. The molecule has 1 unspecified atom stereocenters. The van der Waals surface area contributed by atoms with Gasteiger partial charge in [-0.15, -0.1) is 5.10 Å². The van der Waals surface area contributed by atoms with Crippen LogP contribution in [0.4, 0.5) is 0 Å². The van der Waals surface area contributed by atoms with Crippen LogP contribution in [0.2, 0.25) is 0 Å². The number of carbonyl (C=O) groups excluding carboxylic acids is 1. The Kier molecular flexibility index (Phi) is 2.86. The molecule has 0 saturated carbocycles. The van der Waals surface area contributed by atoms with Gasteiger partial charge in [-0.2, -0.15) is 0 Å². The normalized spacial score (nSPS) is 14.1. The molecule has 0 bridgehead atoms. The lowest BCUT2D eigenvalue weighted by atomic mass is 9.88. The summed E-state index contributed by atoms with van der Waals surface area (Å²) >= 11 is 0. The highest BCUT2D eigenvalue weighted by atomic mass is 16.1. The predicted molar refractivity (Wildman–Crippen MR) is 77.4 cm³/mol. The van der Waals surface area contributed by atoms with Gasteiger partial charge >= 0.3 is 0 Å². The van der Waals surface area contributed by atoms with Crippen molar-refractivity contribution in [3.63, 3.8) is 0 Å². The third kappa shape index (κ3) is 1.72. The van der Waals surface area contributed by atoms with E-state index in [2.05, 4.69) is 10.3 Å². The van der Waals surface area contributed by atoms with E-state index in [1.54, 1.807) is 11.6 Å². The van der Waals surface area contributed by atoms with Crippen LogP contribution in [0, 0.1) is 0 Å². The minimum absolute atomic E-state index is 0.0272. The Morgan fingerprint density at radius 3 is 2.40 bits per heavy atom. The minimum Gasteiger partial charge on any atom is -0.297 e. The zero-order valence-corrected chi connectivity index (χ0v) is 11.4. The molecule has 4 heteroatoms. The SMILES string of the molecule is CC(=O)C(C)(c1ccccc1)n1nnc2ccccc21. The van der Waals surface area contributed by atoms with Crippen molar-refractivity contribution in [1.82, 2.24) is 15.0 Å². The summed E-state index contributed by atoms with van der Waals surface area (Å²) in [5.41, 5.74) is 1.70. The molecule has 20 heavy (non-hydrogen) atoms. The molecule has 0 saturated heterocycles. The van der Waals surface area contributed by atoms with Crippen molar-refractivity contribution in [2.75, 3.05) is 0 Å². The van der Waals surface area contributed by atoms with Crippen LogP contribution in [0.25, 0.3) is 11.0 Å². The molecule has 100 valence electrons. The van der Waals surface area contributed by atoms with E-state index < -0.39 is 5.54 Å². The fraction of sp³-hybridized carbons (Fsp3) is 0.188. The van der Waals surface area contributed by atoms with Crippen molar-refractivity contribution in [3.05, 3.63) is 60.2 Å². The summed E-state index contributed by atoms with van der Waals surface area (Å²) in [6, 6.07) is 17.3. The molecular formula is C16H15N3O. The van der Waals surface area contributed by atoms with E-state index in [1.807, 2.05) is 61.5 Å². The molecule has 3 rings (SSSR count). The van der Waals surface area contributed by atoms with Crippen LogP contribution in [-0.2, 0) is 10.3 Å². The van der Waals surface area contributed by atoms with Gasteiger partial charge in [-0.25, -0.2) is 4.68 Å². The molecule has 2 aromatic carbocycles. The summed E-state index contributed by atoms with van der Waals surface area (Å²) in [5, 5.41) is 8.36. The van der Waals surface area contributed by atoms with Gasteiger partial charge in [0, 0.05) is 0 Å². The number of hydrogen-bond donors (Lipinski definition) is 0. The third-order valence-electron chi connectivity index (χ3n) is 3.80. The maximum Gasteiger partial charge on any atom is 0.161 e. The number of hydrogen-bond acceptors (Lipinski definition) is 3. The van der Waals surface area contributed by atoms with Crippen molar-refractivity contribution in [1.29, 1.82) is 0 Å². The Balaban J connectivity index is 2.29. The fourth-order valence-corrected chi connectivity index (χ4v) is 2.44. The standard InChI is InChI=1S/C16H15N3O/c1-12(20)16(2,13-8-4-3-5-9-13)19-15-11-7-6-10-14(15)17-18-19/h3-11H,1-2H3. The van der Waals surface area contributed by atoms with Crippen molar-refractivity contribution >= 4 is 16.8 Å². The zero-order valence-electron chi connectivity index (χ0n) is 11.4. The van der Waals surface area contributed by atoms with E-state index in [-0.39, 0.29) is 5.78 Å². The maximum absolute atomic E-state index is 12.3. The summed E-state index contributed by atoms with van der Waals surface area (Å²) in [7, 11) is 0. The predicted octanol–water partition coefficient (Wildman–Crippen LogP) is 2.78. The van der Waals surface area contributed by atoms with Gasteiger partial charge in [0.05, 0.1) is 5.52 Å². The molecule has 1 atom stereocenters. The number of carbonyl (C=O) groups is 1. The van der Waals surface area contributed by atoms with Crippen LogP contribution in [0.1, 0.15) is 19.4 Å². The minimum atomic E-state index is -0.850. The maximum atomic E-state index is 12.3. The Morgan fingerprint density at radius 2 is 1.70 bits per heavy atom. The lowest BCUT2D eigenvalue weighted by Gasteiger charge is -2.28. The molecule has 0 spiro atoms. The molecule has 0 aliphatic rings. The highest BCUT2D eigenvalue weighted by Crippen LogP contribution is 2.29. The summed E-state index contributed by atoms with van der Waals surface area (Å²) in [5.74, 6) is 0.0272. The van der Waals surface area contributed by atoms with Gasteiger partial charge in [-0.1, -0.05) is 47.7 Å². The molecule has 0 N–H and O–H groups in total. The fourth-order valence-electron chi connectivity index (χ4n) is 2.44. The third-order valence-corrected chi connectivity index (χ3v) is 3.80. The second kappa shape index (κ2) is 4.56. The molecule has 4 nitrogen and oxygen atoms in total. The summed E-state index contributed by atoms with van der Waals surface area (Å²) in [4.78, 5) is 12.3. The highest BCUT2D eigenvalue weighted by molar-refractivity contribution is 5.89. The van der Waals surface area contributed by atoms with E-state index >= 15 is 0 Å². The van der Waals surface area contributed by atoms with Crippen molar-refractivity contribution in [3.8, 4) is 0 Å². The molecular weight excluding hydrogens is 250 g/mol. The summed E-state index contributed by atoms with van der Waals surface area (Å²) in [6.45, 7) is 3.47. The van der Waals surface area contributed by atoms with Crippen LogP contribution in [0.15, 0.2) is 54.6 Å². The van der Waals surface area contributed by atoms with Crippen LogP contribution in [-0.4, -0.2) is 20.8 Å². The van der Waals surface area contributed by atoms with Crippen molar-refractivity contribution < 1.29 is 4.79 Å². The first-order valence-electron chi connectivity index (χ1n) is 6.51. The number of nitrogens with zero attached hydrogens (tertiary/aromatic N) is 3. The number of ketones is 1. The second-order valence-corrected chi connectivity index (χ2v) is 4.98. The van der Waals surface area contributed by atoms with E-state index in [4.69, 9.17) is 0 Å². The van der Waals surface area contributed by atoms with Gasteiger partial charge in [0.25, 0.3) is 0 Å². The molecule has 0 radical (unpaired) electrons. The molecule has 0 aliphatic heterocycles. The first-order chi connectivity index (χ1) is 9.64. The number of rotatable bonds is 3. The number of aromatic nitrogens is 3. The van der Waals surface area contributed by atoms with Gasteiger partial charge in [0.15, 0.2) is 5.78 Å². The van der Waals surface area contributed by atoms with Gasteiger partial charge in [-0.05, 0) is 31.5 Å². The van der Waals surface area contributed by atoms with E-state index in [0.717, 1.165) is 16.6 Å². The van der Waals surface area contributed by atoms with Gasteiger partial charge in [0.2, 0.25) is 0 Å². The molecule has 3 aromatic rings. The average Bonchev–Trinajstić information content (AvgIpc) is 2.91. The quantitative estimate of drug-likeness (QED) is 0.731. The molecule has 1 aromatic heterocycles. The topological polar surface area (TPSA) is 47.8 Å². The number of benzene rings is 2. The van der Waals surface area contributed by atoms with Crippen LogP contribution in [0.3, 0.4) is 0 Å². The van der Waals surface area contributed by atoms with Crippen LogP contribution < -0.4 is 0 Å². The molecule has 0 amide bonds. The Bertz CT molecular complexity index is 764. The summed E-state index contributed by atoms with van der Waals surface area (Å²) < 4.78 is 1.71. The Labute approximate surface area is 117 Å². The number of para-hydroxylation sites is 1.